The maximum atomic E-state index is 13.0. The van der Waals surface area contributed by atoms with Crippen molar-refractivity contribution in [3.05, 3.63) is 17.7 Å². The van der Waals surface area contributed by atoms with Gasteiger partial charge in [-0.05, 0) is 30.4 Å². The van der Waals surface area contributed by atoms with Crippen molar-refractivity contribution >= 4 is 22.4 Å². The predicted molar refractivity (Wildman–Crippen MR) is 89.7 cm³/mol. The molecule has 0 saturated carbocycles. The zero-order valence-corrected chi connectivity index (χ0v) is 15.2. The van der Waals surface area contributed by atoms with Gasteiger partial charge >= 0.3 is 0 Å². The van der Waals surface area contributed by atoms with Gasteiger partial charge in [0, 0.05) is 25.2 Å². The Morgan fingerprint density at radius 2 is 1.87 bits per heavy atom. The van der Waals surface area contributed by atoms with Crippen LogP contribution in [0.5, 0.6) is 11.5 Å². The molecular formula is C15H23ClN2O4S. The number of benzene rings is 1. The molecule has 2 aliphatic heterocycles. The van der Waals surface area contributed by atoms with Gasteiger partial charge in [0.15, 0.2) is 11.5 Å². The maximum absolute atomic E-state index is 13.0. The molecular weight excluding hydrogens is 340 g/mol. The van der Waals surface area contributed by atoms with E-state index < -0.39 is 10.0 Å². The minimum Gasteiger partial charge on any atom is -0.454 e. The van der Waals surface area contributed by atoms with Gasteiger partial charge in [-0.25, -0.2) is 8.42 Å². The molecule has 0 spiro atoms. The van der Waals surface area contributed by atoms with E-state index in [1.807, 2.05) is 13.8 Å². The van der Waals surface area contributed by atoms with Crippen LogP contribution in [0, 0.1) is 12.3 Å². The van der Waals surface area contributed by atoms with Gasteiger partial charge in [-0.2, -0.15) is 4.31 Å². The lowest BCUT2D eigenvalue weighted by atomic mass is 9.81. The molecule has 2 N–H and O–H groups in total. The molecule has 0 radical (unpaired) electrons. The molecule has 3 rings (SSSR count). The summed E-state index contributed by atoms with van der Waals surface area (Å²) in [5, 5.41) is 0. The zero-order valence-electron chi connectivity index (χ0n) is 13.5. The third kappa shape index (κ3) is 3.15. The standard InChI is InChI=1S/C15H22N2O4S.ClH/c1-10-6-11-12(21-9-20-11)7-13(10)22(18,19)17-5-4-14(16)15(2,3)8-17;/h6-7,14H,4-5,8-9,16H2,1-3H3;1H. The van der Waals surface area contributed by atoms with Crippen LogP contribution in [0.2, 0.25) is 0 Å². The first kappa shape index (κ1) is 18.3. The van der Waals surface area contributed by atoms with Crippen molar-refractivity contribution in [2.75, 3.05) is 19.9 Å². The zero-order chi connectivity index (χ0) is 16.1. The number of aryl methyl sites for hydroxylation is 1. The summed E-state index contributed by atoms with van der Waals surface area (Å²) in [4.78, 5) is 0.281. The van der Waals surface area contributed by atoms with Crippen LogP contribution >= 0.6 is 12.4 Å². The van der Waals surface area contributed by atoms with E-state index in [9.17, 15) is 8.42 Å². The Balaban J connectivity index is 0.00000192. The van der Waals surface area contributed by atoms with Crippen molar-refractivity contribution in [2.45, 2.75) is 38.1 Å². The molecule has 1 fully saturated rings. The second kappa shape index (κ2) is 6.12. The van der Waals surface area contributed by atoms with Crippen LogP contribution in [0.25, 0.3) is 0 Å². The largest absolute Gasteiger partial charge is 0.454 e. The van der Waals surface area contributed by atoms with Crippen molar-refractivity contribution in [1.29, 1.82) is 0 Å². The first-order chi connectivity index (χ1) is 10.2. The summed E-state index contributed by atoms with van der Waals surface area (Å²) in [6, 6.07) is 3.29. The van der Waals surface area contributed by atoms with Crippen LogP contribution in [-0.4, -0.2) is 38.6 Å². The lowest BCUT2D eigenvalue weighted by Gasteiger charge is -2.41. The molecule has 6 nitrogen and oxygen atoms in total. The summed E-state index contributed by atoms with van der Waals surface area (Å²) in [7, 11) is -3.57. The summed E-state index contributed by atoms with van der Waals surface area (Å²) in [6.07, 6.45) is 0.663. The quantitative estimate of drug-likeness (QED) is 0.868. The van der Waals surface area contributed by atoms with E-state index >= 15 is 0 Å². The number of piperidine rings is 1. The molecule has 2 aliphatic rings. The molecule has 0 bridgehead atoms. The van der Waals surface area contributed by atoms with E-state index in [0.29, 0.717) is 36.6 Å². The maximum Gasteiger partial charge on any atom is 0.243 e. The molecule has 0 aliphatic carbocycles. The molecule has 23 heavy (non-hydrogen) atoms. The number of fused-ring (bicyclic) bond motifs is 1. The van der Waals surface area contributed by atoms with Crippen LogP contribution < -0.4 is 15.2 Å². The Kier molecular flexibility index (Phi) is 4.88. The number of hydrogen-bond acceptors (Lipinski definition) is 5. The van der Waals surface area contributed by atoms with E-state index in [1.165, 1.54) is 4.31 Å². The molecule has 1 unspecified atom stereocenters. The van der Waals surface area contributed by atoms with Crippen LogP contribution in [0.1, 0.15) is 25.8 Å². The predicted octanol–water partition coefficient (Wildman–Crippen LogP) is 1.89. The number of hydrogen-bond donors (Lipinski definition) is 1. The first-order valence-corrected chi connectivity index (χ1v) is 8.82. The number of sulfonamides is 1. The minimum absolute atomic E-state index is 0. The summed E-state index contributed by atoms with van der Waals surface area (Å²) in [6.45, 7) is 6.78. The van der Waals surface area contributed by atoms with E-state index in [-0.39, 0.29) is 35.6 Å². The highest BCUT2D eigenvalue weighted by Gasteiger charge is 2.39. The average Bonchev–Trinajstić information content (AvgIpc) is 2.87. The van der Waals surface area contributed by atoms with Crippen molar-refractivity contribution < 1.29 is 17.9 Å². The Morgan fingerprint density at radius 3 is 2.48 bits per heavy atom. The third-order valence-electron chi connectivity index (χ3n) is 4.57. The number of halogens is 1. The molecule has 8 heteroatoms. The number of nitrogens with zero attached hydrogens (tertiary/aromatic N) is 1. The number of ether oxygens (including phenoxy) is 2. The van der Waals surface area contributed by atoms with E-state index in [2.05, 4.69) is 0 Å². The van der Waals surface area contributed by atoms with Crippen LogP contribution in [0.4, 0.5) is 0 Å². The van der Waals surface area contributed by atoms with Crippen LogP contribution in [-0.2, 0) is 10.0 Å². The average molecular weight is 363 g/mol. The van der Waals surface area contributed by atoms with Crippen LogP contribution in [0.3, 0.4) is 0 Å². The molecule has 1 aromatic rings. The van der Waals surface area contributed by atoms with E-state index in [1.54, 1.807) is 19.1 Å². The fraction of sp³-hybridized carbons (Fsp3) is 0.600. The molecule has 0 aromatic heterocycles. The van der Waals surface area contributed by atoms with Gasteiger partial charge < -0.3 is 15.2 Å². The third-order valence-corrected chi connectivity index (χ3v) is 6.55. The topological polar surface area (TPSA) is 81.9 Å². The second-order valence-electron chi connectivity index (χ2n) is 6.69. The second-order valence-corrected chi connectivity index (χ2v) is 8.60. The molecule has 130 valence electrons. The Morgan fingerprint density at radius 1 is 1.26 bits per heavy atom. The van der Waals surface area contributed by atoms with Gasteiger partial charge in [-0.15, -0.1) is 12.4 Å². The Labute approximate surface area is 143 Å². The molecule has 1 aromatic carbocycles. The van der Waals surface area contributed by atoms with Gasteiger partial charge in [-0.3, -0.25) is 0 Å². The van der Waals surface area contributed by atoms with E-state index in [0.717, 1.165) is 0 Å². The highest BCUT2D eigenvalue weighted by molar-refractivity contribution is 7.89. The van der Waals surface area contributed by atoms with Crippen molar-refractivity contribution in [2.24, 2.45) is 11.1 Å². The summed E-state index contributed by atoms with van der Waals surface area (Å²) < 4.78 is 38.1. The molecule has 2 heterocycles. The molecule has 1 saturated heterocycles. The summed E-state index contributed by atoms with van der Waals surface area (Å²) >= 11 is 0. The smallest absolute Gasteiger partial charge is 0.243 e. The van der Waals surface area contributed by atoms with E-state index in [4.69, 9.17) is 15.2 Å². The minimum atomic E-state index is -3.57. The summed E-state index contributed by atoms with van der Waals surface area (Å²) in [5.41, 5.74) is 6.53. The van der Waals surface area contributed by atoms with Gasteiger partial charge in [0.2, 0.25) is 16.8 Å². The van der Waals surface area contributed by atoms with Gasteiger partial charge in [0.05, 0.1) is 4.90 Å². The Hall–Kier alpha value is -1.02. The molecule has 1 atom stereocenters. The fourth-order valence-corrected chi connectivity index (χ4v) is 4.82. The van der Waals surface area contributed by atoms with Gasteiger partial charge in [0.25, 0.3) is 0 Å². The fourth-order valence-electron chi connectivity index (χ4n) is 2.97. The van der Waals surface area contributed by atoms with Gasteiger partial charge in [-0.1, -0.05) is 13.8 Å². The van der Waals surface area contributed by atoms with Crippen molar-refractivity contribution in [3.63, 3.8) is 0 Å². The highest BCUT2D eigenvalue weighted by atomic mass is 35.5. The Bertz CT molecular complexity index is 706. The highest BCUT2D eigenvalue weighted by Crippen LogP contribution is 2.38. The van der Waals surface area contributed by atoms with Crippen molar-refractivity contribution in [1.82, 2.24) is 4.31 Å². The lowest BCUT2D eigenvalue weighted by Crippen LogP contribution is -2.53. The first-order valence-electron chi connectivity index (χ1n) is 7.38. The SMILES string of the molecule is Cc1cc2c(cc1S(=O)(=O)N1CCC(N)C(C)(C)C1)OCO2.Cl. The monoisotopic (exact) mass is 362 g/mol. The lowest BCUT2D eigenvalue weighted by molar-refractivity contribution is 0.155. The van der Waals surface area contributed by atoms with Crippen LogP contribution in [0.15, 0.2) is 17.0 Å². The molecule has 0 amide bonds. The normalized spacial score (nSPS) is 23.4. The summed E-state index contributed by atoms with van der Waals surface area (Å²) in [5.74, 6) is 1.08. The van der Waals surface area contributed by atoms with Crippen molar-refractivity contribution in [3.8, 4) is 11.5 Å². The van der Waals surface area contributed by atoms with Gasteiger partial charge in [0.1, 0.15) is 0 Å². The number of nitrogens with two attached hydrogens (primary N) is 1. The number of rotatable bonds is 2.